The Morgan fingerprint density at radius 1 is 1.67 bits per heavy atom. The average molecular weight is 230 g/mol. The minimum Gasteiger partial charge on any atom is -0.464 e. The van der Waals surface area contributed by atoms with E-state index in [1.807, 2.05) is 6.92 Å². The molecular formula is C8H8BrNO2. The number of nitrogens with zero attached hydrogens (tertiary/aromatic N) is 1. The molecule has 0 atom stereocenters. The Hall–Kier alpha value is -0.900. The number of esters is 1. The SMILES string of the molecule is COC(=O)c1cc(C)c(Br)cn1. The molecule has 1 rings (SSSR count). The van der Waals surface area contributed by atoms with E-state index in [1.165, 1.54) is 7.11 Å². The molecule has 0 spiro atoms. The third-order valence-corrected chi connectivity index (χ3v) is 2.27. The van der Waals surface area contributed by atoms with E-state index in [-0.39, 0.29) is 0 Å². The Bertz CT molecular complexity index is 312. The molecule has 3 nitrogen and oxygen atoms in total. The fourth-order valence-electron chi connectivity index (χ4n) is 0.756. The quantitative estimate of drug-likeness (QED) is 0.692. The third kappa shape index (κ3) is 1.82. The van der Waals surface area contributed by atoms with Gasteiger partial charge in [0, 0.05) is 10.7 Å². The maximum atomic E-state index is 11.0. The van der Waals surface area contributed by atoms with Gasteiger partial charge in [0.2, 0.25) is 0 Å². The number of hydrogen-bond acceptors (Lipinski definition) is 3. The van der Waals surface area contributed by atoms with Crippen LogP contribution in [-0.2, 0) is 4.74 Å². The molecule has 1 aromatic rings. The molecule has 0 aromatic carbocycles. The smallest absolute Gasteiger partial charge is 0.356 e. The largest absolute Gasteiger partial charge is 0.464 e. The number of pyridine rings is 1. The zero-order valence-electron chi connectivity index (χ0n) is 6.80. The van der Waals surface area contributed by atoms with Gasteiger partial charge in [-0.3, -0.25) is 0 Å². The van der Waals surface area contributed by atoms with Gasteiger partial charge in [-0.25, -0.2) is 9.78 Å². The van der Waals surface area contributed by atoms with Crippen molar-refractivity contribution in [2.75, 3.05) is 7.11 Å². The molecule has 0 aliphatic carbocycles. The standard InChI is InChI=1S/C8H8BrNO2/c1-5-3-7(8(11)12-2)10-4-6(5)9/h3-4H,1-2H3. The van der Waals surface area contributed by atoms with Crippen molar-refractivity contribution in [1.29, 1.82) is 0 Å². The predicted molar refractivity (Wildman–Crippen MR) is 48.0 cm³/mol. The van der Waals surface area contributed by atoms with Crippen LogP contribution in [0.3, 0.4) is 0 Å². The lowest BCUT2D eigenvalue weighted by Gasteiger charge is -2.00. The molecule has 0 saturated carbocycles. The molecule has 12 heavy (non-hydrogen) atoms. The van der Waals surface area contributed by atoms with E-state index >= 15 is 0 Å². The van der Waals surface area contributed by atoms with Gasteiger partial charge in [-0.05, 0) is 34.5 Å². The fourth-order valence-corrected chi connectivity index (χ4v) is 0.972. The van der Waals surface area contributed by atoms with Gasteiger partial charge in [0.05, 0.1) is 7.11 Å². The first kappa shape index (κ1) is 9.19. The molecule has 4 heteroatoms. The van der Waals surface area contributed by atoms with Crippen LogP contribution in [0.4, 0.5) is 0 Å². The number of methoxy groups -OCH3 is 1. The van der Waals surface area contributed by atoms with Crippen LogP contribution >= 0.6 is 15.9 Å². The van der Waals surface area contributed by atoms with Crippen molar-refractivity contribution in [2.24, 2.45) is 0 Å². The molecule has 1 aromatic heterocycles. The zero-order chi connectivity index (χ0) is 9.14. The molecule has 1 heterocycles. The molecule has 0 unspecified atom stereocenters. The topological polar surface area (TPSA) is 39.2 Å². The average Bonchev–Trinajstić information content (AvgIpc) is 2.08. The second-order valence-electron chi connectivity index (χ2n) is 2.31. The molecule has 0 fully saturated rings. The van der Waals surface area contributed by atoms with Crippen LogP contribution in [0.25, 0.3) is 0 Å². The summed E-state index contributed by atoms with van der Waals surface area (Å²) in [4.78, 5) is 14.9. The lowest BCUT2D eigenvalue weighted by Crippen LogP contribution is -2.04. The first-order valence-corrected chi connectivity index (χ1v) is 4.15. The summed E-state index contributed by atoms with van der Waals surface area (Å²) < 4.78 is 5.40. The fraction of sp³-hybridized carbons (Fsp3) is 0.250. The molecule has 0 amide bonds. The van der Waals surface area contributed by atoms with Crippen molar-refractivity contribution in [3.8, 4) is 0 Å². The Balaban J connectivity index is 3.05. The Kier molecular flexibility index (Phi) is 2.81. The number of ether oxygens (including phenoxy) is 1. The molecule has 0 N–H and O–H groups in total. The summed E-state index contributed by atoms with van der Waals surface area (Å²) in [6, 6.07) is 1.68. The number of hydrogen-bond donors (Lipinski definition) is 0. The normalized spacial score (nSPS) is 9.58. The summed E-state index contributed by atoms with van der Waals surface area (Å²) in [6.45, 7) is 1.89. The van der Waals surface area contributed by atoms with Gasteiger partial charge < -0.3 is 4.74 Å². The van der Waals surface area contributed by atoms with Gasteiger partial charge in [0.1, 0.15) is 5.69 Å². The molecule has 0 radical (unpaired) electrons. The molecule has 64 valence electrons. The summed E-state index contributed by atoms with van der Waals surface area (Å²) in [7, 11) is 1.33. The number of carbonyl (C=O) groups excluding carboxylic acids is 1. The van der Waals surface area contributed by atoms with Gasteiger partial charge in [0.15, 0.2) is 0 Å². The molecule has 0 saturated heterocycles. The maximum Gasteiger partial charge on any atom is 0.356 e. The Morgan fingerprint density at radius 3 is 2.83 bits per heavy atom. The Labute approximate surface area is 78.9 Å². The van der Waals surface area contributed by atoms with Crippen molar-refractivity contribution in [2.45, 2.75) is 6.92 Å². The van der Waals surface area contributed by atoms with Crippen molar-refractivity contribution < 1.29 is 9.53 Å². The molecular weight excluding hydrogens is 222 g/mol. The summed E-state index contributed by atoms with van der Waals surface area (Å²) in [6.07, 6.45) is 1.58. The Morgan fingerprint density at radius 2 is 2.33 bits per heavy atom. The number of aryl methyl sites for hydroxylation is 1. The van der Waals surface area contributed by atoms with Crippen molar-refractivity contribution >= 4 is 21.9 Å². The lowest BCUT2D eigenvalue weighted by molar-refractivity contribution is 0.0594. The van der Waals surface area contributed by atoms with Crippen LogP contribution in [-0.4, -0.2) is 18.1 Å². The van der Waals surface area contributed by atoms with Gasteiger partial charge in [0.25, 0.3) is 0 Å². The zero-order valence-corrected chi connectivity index (χ0v) is 8.38. The van der Waals surface area contributed by atoms with Gasteiger partial charge in [-0.15, -0.1) is 0 Å². The van der Waals surface area contributed by atoms with E-state index in [1.54, 1.807) is 12.3 Å². The first-order chi connectivity index (χ1) is 5.65. The van der Waals surface area contributed by atoms with Crippen LogP contribution in [0, 0.1) is 6.92 Å². The number of carbonyl (C=O) groups is 1. The highest BCUT2D eigenvalue weighted by molar-refractivity contribution is 9.10. The van der Waals surface area contributed by atoms with Crippen molar-refractivity contribution in [1.82, 2.24) is 4.98 Å². The van der Waals surface area contributed by atoms with E-state index in [9.17, 15) is 4.79 Å². The third-order valence-electron chi connectivity index (χ3n) is 1.44. The second kappa shape index (κ2) is 3.67. The number of aromatic nitrogens is 1. The van der Waals surface area contributed by atoms with Crippen molar-refractivity contribution in [3.05, 3.63) is 28.0 Å². The van der Waals surface area contributed by atoms with Gasteiger partial charge >= 0.3 is 5.97 Å². The molecule has 0 aliphatic rings. The lowest BCUT2D eigenvalue weighted by atomic mass is 10.2. The van der Waals surface area contributed by atoms with E-state index < -0.39 is 5.97 Å². The van der Waals surface area contributed by atoms with Gasteiger partial charge in [-0.2, -0.15) is 0 Å². The van der Waals surface area contributed by atoms with Crippen molar-refractivity contribution in [3.63, 3.8) is 0 Å². The van der Waals surface area contributed by atoms with Crippen LogP contribution in [0.5, 0.6) is 0 Å². The van der Waals surface area contributed by atoms with Crippen LogP contribution < -0.4 is 0 Å². The summed E-state index contributed by atoms with van der Waals surface area (Å²) >= 11 is 3.29. The highest BCUT2D eigenvalue weighted by Gasteiger charge is 2.07. The highest BCUT2D eigenvalue weighted by Crippen LogP contribution is 2.14. The van der Waals surface area contributed by atoms with E-state index in [0.717, 1.165) is 10.0 Å². The number of halogens is 1. The number of rotatable bonds is 1. The van der Waals surface area contributed by atoms with Crippen LogP contribution in [0.1, 0.15) is 16.1 Å². The minimum absolute atomic E-state index is 0.332. The summed E-state index contributed by atoms with van der Waals surface area (Å²) in [5, 5.41) is 0. The predicted octanol–water partition coefficient (Wildman–Crippen LogP) is 1.94. The molecule has 0 bridgehead atoms. The van der Waals surface area contributed by atoms with Crippen LogP contribution in [0.2, 0.25) is 0 Å². The maximum absolute atomic E-state index is 11.0. The monoisotopic (exact) mass is 229 g/mol. The summed E-state index contributed by atoms with van der Waals surface area (Å²) in [5.74, 6) is -0.411. The van der Waals surface area contributed by atoms with E-state index in [2.05, 4.69) is 25.7 Å². The van der Waals surface area contributed by atoms with E-state index in [4.69, 9.17) is 0 Å². The minimum atomic E-state index is -0.411. The summed E-state index contributed by atoms with van der Waals surface area (Å²) in [5.41, 5.74) is 1.30. The van der Waals surface area contributed by atoms with Gasteiger partial charge in [-0.1, -0.05) is 0 Å². The second-order valence-corrected chi connectivity index (χ2v) is 3.16. The highest BCUT2D eigenvalue weighted by atomic mass is 79.9. The van der Waals surface area contributed by atoms with E-state index in [0.29, 0.717) is 5.69 Å². The molecule has 0 aliphatic heterocycles. The van der Waals surface area contributed by atoms with Crippen LogP contribution in [0.15, 0.2) is 16.7 Å². The first-order valence-electron chi connectivity index (χ1n) is 3.35.